The van der Waals surface area contributed by atoms with Crippen molar-refractivity contribution in [2.45, 2.75) is 46.1 Å². The standard InChI is InChI=1S/C14H29NO2/c1-4-12(5-2)9-15(6-3)10-14(16)13-7-8-17-11-13/h12-14,16H,4-11H2,1-3H3. The van der Waals surface area contributed by atoms with Crippen LogP contribution in [0.2, 0.25) is 0 Å². The summed E-state index contributed by atoms with van der Waals surface area (Å²) in [5.74, 6) is 1.12. The second-order valence-electron chi connectivity index (χ2n) is 5.23. The Kier molecular flexibility index (Phi) is 7.09. The van der Waals surface area contributed by atoms with E-state index >= 15 is 0 Å². The van der Waals surface area contributed by atoms with Crippen molar-refractivity contribution in [3.63, 3.8) is 0 Å². The molecule has 2 atom stereocenters. The minimum Gasteiger partial charge on any atom is -0.391 e. The van der Waals surface area contributed by atoms with Crippen LogP contribution in [0.25, 0.3) is 0 Å². The minimum absolute atomic E-state index is 0.216. The fraction of sp³-hybridized carbons (Fsp3) is 1.00. The highest BCUT2D eigenvalue weighted by molar-refractivity contribution is 4.76. The van der Waals surface area contributed by atoms with Crippen molar-refractivity contribution in [1.82, 2.24) is 4.90 Å². The van der Waals surface area contributed by atoms with E-state index in [2.05, 4.69) is 25.7 Å². The van der Waals surface area contributed by atoms with Crippen molar-refractivity contribution in [2.24, 2.45) is 11.8 Å². The second-order valence-corrected chi connectivity index (χ2v) is 5.23. The van der Waals surface area contributed by atoms with Crippen molar-refractivity contribution in [1.29, 1.82) is 0 Å². The molecule has 2 unspecified atom stereocenters. The predicted molar refractivity (Wildman–Crippen MR) is 71.1 cm³/mol. The third-order valence-corrected chi connectivity index (χ3v) is 4.07. The average Bonchev–Trinajstić information content (AvgIpc) is 2.88. The summed E-state index contributed by atoms with van der Waals surface area (Å²) < 4.78 is 5.34. The van der Waals surface area contributed by atoms with Gasteiger partial charge >= 0.3 is 0 Å². The minimum atomic E-state index is -0.216. The molecule has 0 aromatic carbocycles. The number of aliphatic hydroxyl groups excluding tert-OH is 1. The van der Waals surface area contributed by atoms with E-state index in [1.807, 2.05) is 0 Å². The van der Waals surface area contributed by atoms with E-state index in [0.29, 0.717) is 5.92 Å². The normalized spacial score (nSPS) is 22.6. The van der Waals surface area contributed by atoms with Crippen molar-refractivity contribution >= 4 is 0 Å². The molecule has 0 amide bonds. The van der Waals surface area contributed by atoms with E-state index in [1.54, 1.807) is 0 Å². The molecule has 1 aliphatic heterocycles. The summed E-state index contributed by atoms with van der Waals surface area (Å²) in [6.45, 7) is 11.2. The first-order chi connectivity index (χ1) is 8.21. The largest absolute Gasteiger partial charge is 0.391 e. The fourth-order valence-corrected chi connectivity index (χ4v) is 2.51. The highest BCUT2D eigenvalue weighted by atomic mass is 16.5. The molecule has 102 valence electrons. The van der Waals surface area contributed by atoms with Crippen molar-refractivity contribution in [3.8, 4) is 0 Å². The van der Waals surface area contributed by atoms with Gasteiger partial charge < -0.3 is 14.7 Å². The van der Waals surface area contributed by atoms with Crippen LogP contribution < -0.4 is 0 Å². The molecule has 0 saturated carbocycles. The molecule has 0 spiro atoms. The number of nitrogens with zero attached hydrogens (tertiary/aromatic N) is 1. The molecule has 0 aliphatic carbocycles. The van der Waals surface area contributed by atoms with Crippen LogP contribution in [0, 0.1) is 11.8 Å². The Morgan fingerprint density at radius 3 is 2.41 bits per heavy atom. The van der Waals surface area contributed by atoms with Crippen LogP contribution >= 0.6 is 0 Å². The fourth-order valence-electron chi connectivity index (χ4n) is 2.51. The molecule has 1 rings (SSSR count). The lowest BCUT2D eigenvalue weighted by atomic mass is 9.99. The van der Waals surface area contributed by atoms with Crippen molar-refractivity contribution in [3.05, 3.63) is 0 Å². The monoisotopic (exact) mass is 243 g/mol. The van der Waals surface area contributed by atoms with E-state index < -0.39 is 0 Å². The van der Waals surface area contributed by atoms with Crippen LogP contribution in [0.4, 0.5) is 0 Å². The van der Waals surface area contributed by atoms with Crippen LogP contribution in [0.5, 0.6) is 0 Å². The Balaban J connectivity index is 2.34. The molecule has 1 aliphatic rings. The Labute approximate surface area is 106 Å². The van der Waals surface area contributed by atoms with Gasteiger partial charge in [-0.25, -0.2) is 0 Å². The van der Waals surface area contributed by atoms with Gasteiger partial charge in [0.15, 0.2) is 0 Å². The molecule has 0 aromatic rings. The first-order valence-electron chi connectivity index (χ1n) is 7.19. The van der Waals surface area contributed by atoms with Gasteiger partial charge in [0.25, 0.3) is 0 Å². The molecule has 17 heavy (non-hydrogen) atoms. The van der Waals surface area contributed by atoms with Gasteiger partial charge in [-0.1, -0.05) is 33.6 Å². The van der Waals surface area contributed by atoms with Crippen molar-refractivity contribution < 1.29 is 9.84 Å². The molecule has 0 aromatic heterocycles. The van der Waals surface area contributed by atoms with E-state index in [9.17, 15) is 5.11 Å². The zero-order valence-corrected chi connectivity index (χ0v) is 11.7. The van der Waals surface area contributed by atoms with Gasteiger partial charge in [0, 0.05) is 25.6 Å². The maximum atomic E-state index is 10.2. The lowest BCUT2D eigenvalue weighted by molar-refractivity contribution is 0.0520. The van der Waals surface area contributed by atoms with Gasteiger partial charge in [-0.15, -0.1) is 0 Å². The maximum absolute atomic E-state index is 10.2. The molecule has 3 nitrogen and oxygen atoms in total. The van der Waals surface area contributed by atoms with Gasteiger partial charge in [0.2, 0.25) is 0 Å². The summed E-state index contributed by atoms with van der Waals surface area (Å²) in [7, 11) is 0. The van der Waals surface area contributed by atoms with Crippen LogP contribution in [-0.2, 0) is 4.74 Å². The zero-order chi connectivity index (χ0) is 12.7. The van der Waals surface area contributed by atoms with Crippen LogP contribution in [0.3, 0.4) is 0 Å². The quantitative estimate of drug-likeness (QED) is 0.709. The van der Waals surface area contributed by atoms with E-state index in [4.69, 9.17) is 4.74 Å². The topological polar surface area (TPSA) is 32.7 Å². The SMILES string of the molecule is CCC(CC)CN(CC)CC(O)C1CCOC1. The molecule has 0 radical (unpaired) electrons. The molecule has 1 saturated heterocycles. The summed E-state index contributed by atoms with van der Waals surface area (Å²) in [5, 5.41) is 10.2. The molecule has 1 fully saturated rings. The first-order valence-corrected chi connectivity index (χ1v) is 7.19. The molecular formula is C14H29NO2. The predicted octanol–water partition coefficient (Wildman–Crippen LogP) is 2.14. The molecule has 1 N–H and O–H groups in total. The third-order valence-electron chi connectivity index (χ3n) is 4.07. The molecule has 3 heteroatoms. The maximum Gasteiger partial charge on any atom is 0.0718 e. The molecule has 0 bridgehead atoms. The summed E-state index contributed by atoms with van der Waals surface area (Å²) in [6.07, 6.45) is 3.27. The lowest BCUT2D eigenvalue weighted by Crippen LogP contribution is -2.39. The van der Waals surface area contributed by atoms with Crippen LogP contribution in [0.15, 0.2) is 0 Å². The van der Waals surface area contributed by atoms with Gasteiger partial charge in [-0.05, 0) is 18.9 Å². The number of aliphatic hydroxyl groups is 1. The summed E-state index contributed by atoms with van der Waals surface area (Å²) >= 11 is 0. The molecule has 1 heterocycles. The Bertz CT molecular complexity index is 189. The third kappa shape index (κ3) is 4.94. The Hall–Kier alpha value is -0.120. The zero-order valence-electron chi connectivity index (χ0n) is 11.7. The molecular weight excluding hydrogens is 214 g/mol. The highest BCUT2D eigenvalue weighted by Gasteiger charge is 2.25. The summed E-state index contributed by atoms with van der Waals surface area (Å²) in [6, 6.07) is 0. The second kappa shape index (κ2) is 8.06. The van der Waals surface area contributed by atoms with E-state index in [1.165, 1.54) is 12.8 Å². The first kappa shape index (κ1) is 14.9. The van der Waals surface area contributed by atoms with E-state index in [-0.39, 0.29) is 6.10 Å². The van der Waals surface area contributed by atoms with Gasteiger partial charge in [0.05, 0.1) is 12.7 Å². The lowest BCUT2D eigenvalue weighted by Gasteiger charge is -2.29. The van der Waals surface area contributed by atoms with Gasteiger partial charge in [0.1, 0.15) is 0 Å². The van der Waals surface area contributed by atoms with Crippen LogP contribution in [0.1, 0.15) is 40.0 Å². The average molecular weight is 243 g/mol. The number of likely N-dealkylation sites (N-methyl/N-ethyl adjacent to an activating group) is 1. The van der Waals surface area contributed by atoms with Crippen LogP contribution in [-0.4, -0.2) is 49.0 Å². The smallest absolute Gasteiger partial charge is 0.0718 e. The summed E-state index contributed by atoms with van der Waals surface area (Å²) in [4.78, 5) is 2.39. The van der Waals surface area contributed by atoms with Gasteiger partial charge in [-0.2, -0.15) is 0 Å². The number of hydrogen-bond donors (Lipinski definition) is 1. The Morgan fingerprint density at radius 2 is 1.94 bits per heavy atom. The Morgan fingerprint density at radius 1 is 1.24 bits per heavy atom. The summed E-state index contributed by atoms with van der Waals surface area (Å²) in [5.41, 5.74) is 0. The van der Waals surface area contributed by atoms with Crippen molar-refractivity contribution in [2.75, 3.05) is 32.8 Å². The number of ether oxygens (including phenoxy) is 1. The van der Waals surface area contributed by atoms with Gasteiger partial charge in [-0.3, -0.25) is 0 Å². The van der Waals surface area contributed by atoms with E-state index in [0.717, 1.165) is 45.2 Å². The number of hydrogen-bond acceptors (Lipinski definition) is 3. The number of rotatable bonds is 8. The highest BCUT2D eigenvalue weighted by Crippen LogP contribution is 2.18.